The molecule has 1 aliphatic rings. The molecule has 0 aliphatic carbocycles. The number of hydrogen-bond donors (Lipinski definition) is 1. The van der Waals surface area contributed by atoms with Crippen LogP contribution in [0, 0.1) is 6.92 Å². The number of esters is 1. The second kappa shape index (κ2) is 9.73. The summed E-state index contributed by atoms with van der Waals surface area (Å²) in [5.74, 6) is -0.398. The van der Waals surface area contributed by atoms with Crippen LogP contribution < -0.4 is 9.62 Å². The van der Waals surface area contributed by atoms with Crippen molar-refractivity contribution in [2.75, 3.05) is 12.0 Å². The first-order valence-corrected chi connectivity index (χ1v) is 12.3. The van der Waals surface area contributed by atoms with E-state index in [9.17, 15) is 18.0 Å². The minimum Gasteiger partial charge on any atom is -0.465 e. The van der Waals surface area contributed by atoms with Gasteiger partial charge in [0.2, 0.25) is 10.0 Å². The summed E-state index contributed by atoms with van der Waals surface area (Å²) in [6.45, 7) is 3.47. The summed E-state index contributed by atoms with van der Waals surface area (Å²) in [4.78, 5) is 27.4. The van der Waals surface area contributed by atoms with Crippen LogP contribution in [0.2, 0.25) is 0 Å². The highest BCUT2D eigenvalue weighted by Gasteiger charge is 2.38. The number of rotatable bonds is 7. The Kier molecular flexibility index (Phi) is 6.72. The summed E-state index contributed by atoms with van der Waals surface area (Å²) in [7, 11) is -2.47. The molecule has 0 fully saturated rings. The van der Waals surface area contributed by atoms with E-state index in [1.54, 1.807) is 55.5 Å². The molecule has 0 unspecified atom stereocenters. The van der Waals surface area contributed by atoms with Crippen molar-refractivity contribution in [1.29, 1.82) is 0 Å². The van der Waals surface area contributed by atoms with Gasteiger partial charge in [-0.05, 0) is 56.3 Å². The van der Waals surface area contributed by atoms with Crippen LogP contribution >= 0.6 is 0 Å². The number of nitrogens with one attached hydrogen (secondary N) is 1. The molecule has 2 aromatic carbocycles. The lowest BCUT2D eigenvalue weighted by Crippen LogP contribution is -2.24. The van der Waals surface area contributed by atoms with Gasteiger partial charge in [0.25, 0.3) is 5.91 Å². The Morgan fingerprint density at radius 1 is 1.03 bits per heavy atom. The number of ether oxygens (including phenoxy) is 1. The maximum Gasteiger partial charge on any atom is 0.340 e. The van der Waals surface area contributed by atoms with Gasteiger partial charge in [-0.3, -0.25) is 9.69 Å². The first-order valence-electron chi connectivity index (χ1n) is 10.8. The zero-order chi connectivity index (χ0) is 25.2. The molecule has 0 saturated heterocycles. The number of hydrogen-bond acceptors (Lipinski definition) is 6. The molecule has 180 valence electrons. The summed E-state index contributed by atoms with van der Waals surface area (Å²) in [6.07, 6.45) is 1.46. The number of benzene rings is 2. The van der Waals surface area contributed by atoms with Crippen LogP contribution in [0.1, 0.15) is 24.0 Å². The van der Waals surface area contributed by atoms with E-state index < -0.39 is 21.9 Å². The molecule has 1 aliphatic heterocycles. The van der Waals surface area contributed by atoms with Crippen molar-refractivity contribution in [3.63, 3.8) is 0 Å². The molecule has 3 aromatic rings. The molecule has 1 amide bonds. The van der Waals surface area contributed by atoms with E-state index >= 15 is 0 Å². The third kappa shape index (κ3) is 4.96. The van der Waals surface area contributed by atoms with Crippen LogP contribution in [0.5, 0.6) is 0 Å². The predicted molar refractivity (Wildman–Crippen MR) is 131 cm³/mol. The third-order valence-electron chi connectivity index (χ3n) is 5.54. The van der Waals surface area contributed by atoms with Gasteiger partial charge >= 0.3 is 5.97 Å². The average Bonchev–Trinajstić information content (AvgIpc) is 3.40. The van der Waals surface area contributed by atoms with Gasteiger partial charge in [0.15, 0.2) is 0 Å². The number of carbonyl (C=O) groups excluding carboxylic acids is 2. The molecule has 1 N–H and O–H groups in total. The Morgan fingerprint density at radius 3 is 2.37 bits per heavy atom. The minimum absolute atomic E-state index is 0.0812. The molecule has 2 heterocycles. The molecule has 1 aromatic heterocycles. The van der Waals surface area contributed by atoms with Crippen LogP contribution in [0.25, 0.3) is 6.08 Å². The molecular weight excluding hydrogens is 468 g/mol. The molecule has 8 nitrogen and oxygen atoms in total. The number of methoxy groups -OCH3 is 1. The fourth-order valence-electron chi connectivity index (χ4n) is 3.74. The van der Waals surface area contributed by atoms with E-state index in [0.717, 1.165) is 5.56 Å². The highest BCUT2D eigenvalue weighted by atomic mass is 32.2. The maximum absolute atomic E-state index is 13.3. The number of amides is 1. The van der Waals surface area contributed by atoms with Crippen molar-refractivity contribution in [1.82, 2.24) is 4.72 Å². The number of carbonyl (C=O) groups is 2. The zero-order valence-electron chi connectivity index (χ0n) is 19.4. The molecule has 9 heteroatoms. The van der Waals surface area contributed by atoms with Gasteiger partial charge in [-0.25, -0.2) is 17.9 Å². The lowest BCUT2D eigenvalue weighted by atomic mass is 10.1. The fourth-order valence-corrected chi connectivity index (χ4v) is 4.74. The first kappa shape index (κ1) is 24.2. The number of aryl methyl sites for hydroxylation is 1. The number of furan rings is 1. The summed E-state index contributed by atoms with van der Waals surface area (Å²) in [5.41, 5.74) is 2.27. The number of nitrogens with zero attached hydrogens (tertiary/aromatic N) is 1. The van der Waals surface area contributed by atoms with Gasteiger partial charge < -0.3 is 9.15 Å². The number of allylic oxidation sites excluding steroid dienone is 1. The lowest BCUT2D eigenvalue weighted by molar-refractivity contribution is -0.136. The van der Waals surface area contributed by atoms with E-state index in [1.165, 1.54) is 30.2 Å². The largest absolute Gasteiger partial charge is 0.465 e. The maximum atomic E-state index is 13.3. The van der Waals surface area contributed by atoms with Gasteiger partial charge in [0.1, 0.15) is 11.5 Å². The molecule has 35 heavy (non-hydrogen) atoms. The van der Waals surface area contributed by atoms with E-state index in [-0.39, 0.29) is 22.6 Å². The Bertz CT molecular complexity index is 1430. The SMILES string of the molecule is COC(=O)C1=C(C)N(c2ccccc2)C(=O)/C1=C/c1ccc(CNS(=O)(=O)c2ccc(C)cc2)o1. The standard InChI is InChI=1S/C26H24N2O6S/c1-17-9-13-22(14-10-17)35(31,32)27-16-21-12-11-20(34-21)15-23-24(26(30)33-3)18(2)28(25(23)29)19-7-5-4-6-8-19/h4-15,27H,16H2,1-3H3/b23-15+. The van der Waals surface area contributed by atoms with Crippen LogP contribution in [0.3, 0.4) is 0 Å². The topological polar surface area (TPSA) is 106 Å². The summed E-state index contributed by atoms with van der Waals surface area (Å²) in [6, 6.07) is 18.7. The van der Waals surface area contributed by atoms with Gasteiger partial charge in [-0.15, -0.1) is 0 Å². The number of para-hydroxylation sites is 1. The molecular formula is C26H24N2O6S. The minimum atomic E-state index is -3.72. The Morgan fingerprint density at radius 2 is 1.71 bits per heavy atom. The first-order chi connectivity index (χ1) is 16.7. The molecule has 0 spiro atoms. The van der Waals surface area contributed by atoms with Crippen molar-refractivity contribution in [2.45, 2.75) is 25.3 Å². The van der Waals surface area contributed by atoms with Crippen LogP contribution in [-0.4, -0.2) is 27.4 Å². The monoisotopic (exact) mass is 492 g/mol. The predicted octanol–water partition coefficient (Wildman–Crippen LogP) is 3.94. The third-order valence-corrected chi connectivity index (χ3v) is 6.96. The van der Waals surface area contributed by atoms with Gasteiger partial charge in [-0.1, -0.05) is 35.9 Å². The molecule has 0 atom stereocenters. The van der Waals surface area contributed by atoms with Gasteiger partial charge in [0.05, 0.1) is 29.7 Å². The van der Waals surface area contributed by atoms with Crippen molar-refractivity contribution < 1.29 is 27.2 Å². The lowest BCUT2D eigenvalue weighted by Gasteiger charge is -2.17. The highest BCUT2D eigenvalue weighted by Crippen LogP contribution is 2.35. The molecule has 4 rings (SSSR count). The Labute approximate surface area is 203 Å². The van der Waals surface area contributed by atoms with Crippen LogP contribution in [-0.2, 0) is 30.9 Å². The quantitative estimate of drug-likeness (QED) is 0.396. The summed E-state index contributed by atoms with van der Waals surface area (Å²) < 4.78 is 38.2. The van der Waals surface area contributed by atoms with Crippen LogP contribution in [0.15, 0.2) is 92.9 Å². The fraction of sp³-hybridized carbons (Fsp3) is 0.154. The van der Waals surface area contributed by atoms with Crippen molar-refractivity contribution in [3.8, 4) is 0 Å². The Balaban J connectivity index is 1.58. The van der Waals surface area contributed by atoms with E-state index in [2.05, 4.69) is 4.72 Å². The molecule has 0 bridgehead atoms. The number of anilines is 1. The van der Waals surface area contributed by atoms with Crippen molar-refractivity contribution in [3.05, 3.63) is 101 Å². The zero-order valence-corrected chi connectivity index (χ0v) is 20.3. The average molecular weight is 493 g/mol. The van der Waals surface area contributed by atoms with E-state index in [1.807, 2.05) is 13.0 Å². The highest BCUT2D eigenvalue weighted by molar-refractivity contribution is 7.89. The second-order valence-electron chi connectivity index (χ2n) is 7.93. The van der Waals surface area contributed by atoms with Crippen molar-refractivity contribution in [2.24, 2.45) is 0 Å². The van der Waals surface area contributed by atoms with Gasteiger partial charge in [0, 0.05) is 11.4 Å². The second-order valence-corrected chi connectivity index (χ2v) is 9.69. The van der Waals surface area contributed by atoms with Crippen molar-refractivity contribution >= 4 is 33.7 Å². The molecule has 0 radical (unpaired) electrons. The smallest absolute Gasteiger partial charge is 0.340 e. The summed E-state index contributed by atoms with van der Waals surface area (Å²) in [5, 5.41) is 0. The van der Waals surface area contributed by atoms with E-state index in [4.69, 9.17) is 9.15 Å². The van der Waals surface area contributed by atoms with Gasteiger partial charge in [-0.2, -0.15) is 0 Å². The summed E-state index contributed by atoms with van der Waals surface area (Å²) >= 11 is 0. The Hall–Kier alpha value is -3.95. The van der Waals surface area contributed by atoms with Crippen LogP contribution in [0.4, 0.5) is 5.69 Å². The normalized spacial score (nSPS) is 15.2. The molecule has 0 saturated carbocycles. The van der Waals surface area contributed by atoms with E-state index in [0.29, 0.717) is 22.9 Å². The number of sulfonamides is 1.